The predicted molar refractivity (Wildman–Crippen MR) is 145 cm³/mol. The number of benzene rings is 3. The highest BCUT2D eigenvalue weighted by atomic mass is 127. The van der Waals surface area contributed by atoms with Crippen LogP contribution in [-0.4, -0.2) is 25.5 Å². The van der Waals surface area contributed by atoms with Crippen LogP contribution in [0.25, 0.3) is 6.08 Å². The molecule has 0 aliphatic heterocycles. The Hall–Kier alpha value is -3.55. The first-order valence-corrected chi connectivity index (χ1v) is 11.8. The number of carbonyl (C=O) groups excluding carboxylic acids is 2. The zero-order valence-corrected chi connectivity index (χ0v) is 21.8. The summed E-state index contributed by atoms with van der Waals surface area (Å²) in [5.74, 6) is -0.195. The predicted octanol–water partition coefficient (Wildman–Crippen LogP) is 5.82. The van der Waals surface area contributed by atoms with Gasteiger partial charge >= 0.3 is 0 Å². The lowest BCUT2D eigenvalue weighted by Crippen LogP contribution is -2.20. The molecule has 35 heavy (non-hydrogen) atoms. The molecule has 3 rings (SSSR count). The number of ether oxygens (including phenoxy) is 2. The number of hydrogen-bond acceptors (Lipinski definition) is 5. The summed E-state index contributed by atoms with van der Waals surface area (Å²) in [6, 6.07) is 19.5. The Balaban J connectivity index is 1.75. The zero-order valence-electron chi connectivity index (χ0n) is 18.9. The van der Waals surface area contributed by atoms with E-state index in [2.05, 4.69) is 10.6 Å². The quantitative estimate of drug-likeness (QED) is 0.192. The highest BCUT2D eigenvalue weighted by Crippen LogP contribution is 2.35. The van der Waals surface area contributed by atoms with E-state index in [1.165, 1.54) is 13.2 Å². The normalized spacial score (nSPS) is 10.8. The van der Waals surface area contributed by atoms with Crippen LogP contribution in [0.1, 0.15) is 11.1 Å². The van der Waals surface area contributed by atoms with Crippen LogP contribution in [0.3, 0.4) is 0 Å². The molecule has 9 heteroatoms. The first-order chi connectivity index (χ1) is 16.8. The fourth-order valence-corrected chi connectivity index (χ4v) is 4.03. The van der Waals surface area contributed by atoms with Crippen LogP contribution in [0.5, 0.6) is 11.5 Å². The summed E-state index contributed by atoms with van der Waals surface area (Å²) < 4.78 is 11.8. The molecule has 3 aromatic rings. The summed E-state index contributed by atoms with van der Waals surface area (Å²) in [6.07, 6.45) is 1.46. The highest BCUT2D eigenvalue weighted by molar-refractivity contribution is 14.1. The third kappa shape index (κ3) is 6.97. The van der Waals surface area contributed by atoms with Crippen LogP contribution < -0.4 is 20.1 Å². The lowest BCUT2D eigenvalue weighted by Gasteiger charge is -2.14. The third-order valence-electron chi connectivity index (χ3n) is 4.82. The maximum Gasteiger partial charge on any atom is 0.266 e. The summed E-state index contributed by atoms with van der Waals surface area (Å²) in [4.78, 5) is 25.0. The van der Waals surface area contributed by atoms with Crippen molar-refractivity contribution in [3.63, 3.8) is 0 Å². The smallest absolute Gasteiger partial charge is 0.266 e. The van der Waals surface area contributed by atoms with E-state index in [4.69, 9.17) is 21.1 Å². The minimum Gasteiger partial charge on any atom is -0.493 e. The van der Waals surface area contributed by atoms with Gasteiger partial charge < -0.3 is 20.1 Å². The molecule has 0 heterocycles. The molecular formula is C26H21ClIN3O4. The number of nitriles is 1. The lowest BCUT2D eigenvalue weighted by atomic mass is 10.1. The van der Waals surface area contributed by atoms with Crippen LogP contribution in [0.2, 0.25) is 5.02 Å². The number of halogens is 2. The van der Waals surface area contributed by atoms with Crippen LogP contribution in [-0.2, 0) is 9.59 Å². The van der Waals surface area contributed by atoms with E-state index in [-0.39, 0.29) is 18.1 Å². The molecule has 0 aliphatic rings. The molecule has 0 radical (unpaired) electrons. The molecule has 0 aromatic heterocycles. The third-order valence-corrected chi connectivity index (χ3v) is 5.95. The van der Waals surface area contributed by atoms with Gasteiger partial charge in [-0.15, -0.1) is 0 Å². The van der Waals surface area contributed by atoms with E-state index in [0.29, 0.717) is 37.0 Å². The van der Waals surface area contributed by atoms with E-state index in [0.717, 1.165) is 5.56 Å². The number of amides is 2. The molecule has 3 aromatic carbocycles. The van der Waals surface area contributed by atoms with Gasteiger partial charge in [-0.05, 0) is 77.0 Å². The van der Waals surface area contributed by atoms with Crippen molar-refractivity contribution in [3.8, 4) is 17.6 Å². The SMILES string of the molecule is COc1cc(/C=C(/C#N)C(=O)Nc2ccccc2C)cc(I)c1OCC(=O)Nc1ccccc1Cl. The van der Waals surface area contributed by atoms with Gasteiger partial charge in [0.25, 0.3) is 11.8 Å². The van der Waals surface area contributed by atoms with Gasteiger partial charge in [-0.3, -0.25) is 9.59 Å². The molecule has 2 amide bonds. The molecule has 0 unspecified atom stereocenters. The molecule has 7 nitrogen and oxygen atoms in total. The van der Waals surface area contributed by atoms with Gasteiger partial charge in [-0.2, -0.15) is 5.26 Å². The van der Waals surface area contributed by atoms with Crippen molar-refractivity contribution in [2.24, 2.45) is 0 Å². The number of hydrogen-bond donors (Lipinski definition) is 2. The average molecular weight is 602 g/mol. The first kappa shape index (κ1) is 26.1. The number of nitrogens with one attached hydrogen (secondary N) is 2. The van der Waals surface area contributed by atoms with Gasteiger partial charge in [0.2, 0.25) is 0 Å². The minimum atomic E-state index is -0.521. The summed E-state index contributed by atoms with van der Waals surface area (Å²) >= 11 is 8.11. The van der Waals surface area contributed by atoms with Crippen molar-refractivity contribution in [2.75, 3.05) is 24.4 Å². The molecule has 0 bridgehead atoms. The number of aryl methyl sites for hydroxylation is 1. The number of para-hydroxylation sites is 2. The Bertz CT molecular complexity index is 1330. The van der Waals surface area contributed by atoms with Crippen LogP contribution in [0.4, 0.5) is 11.4 Å². The molecule has 0 atom stereocenters. The van der Waals surface area contributed by atoms with Gasteiger partial charge in [0.15, 0.2) is 18.1 Å². The second-order valence-corrected chi connectivity index (χ2v) is 8.86. The zero-order chi connectivity index (χ0) is 25.4. The van der Waals surface area contributed by atoms with Crippen molar-refractivity contribution in [3.05, 3.63) is 86.0 Å². The number of nitrogens with zero attached hydrogens (tertiary/aromatic N) is 1. The Kier molecular flexibility index (Phi) is 9.11. The number of methoxy groups -OCH3 is 1. The van der Waals surface area contributed by atoms with Crippen molar-refractivity contribution in [1.29, 1.82) is 5.26 Å². The molecule has 2 N–H and O–H groups in total. The van der Waals surface area contributed by atoms with Crippen LogP contribution >= 0.6 is 34.2 Å². The van der Waals surface area contributed by atoms with Gasteiger partial charge in [0.05, 0.1) is 21.4 Å². The fourth-order valence-electron chi connectivity index (χ4n) is 3.07. The van der Waals surface area contributed by atoms with Crippen molar-refractivity contribution < 1.29 is 19.1 Å². The summed E-state index contributed by atoms with van der Waals surface area (Å²) in [5.41, 5.74) is 2.49. The molecule has 0 fully saturated rings. The topological polar surface area (TPSA) is 100 Å². The van der Waals surface area contributed by atoms with Crippen molar-refractivity contribution in [2.45, 2.75) is 6.92 Å². The van der Waals surface area contributed by atoms with Crippen molar-refractivity contribution in [1.82, 2.24) is 0 Å². The van der Waals surface area contributed by atoms with Crippen LogP contribution in [0.15, 0.2) is 66.2 Å². The monoisotopic (exact) mass is 601 g/mol. The summed E-state index contributed by atoms with van der Waals surface area (Å²) in [7, 11) is 1.46. The summed E-state index contributed by atoms with van der Waals surface area (Å²) in [5, 5.41) is 15.4. The Morgan fingerprint density at radius 3 is 2.43 bits per heavy atom. The second-order valence-electron chi connectivity index (χ2n) is 7.29. The summed E-state index contributed by atoms with van der Waals surface area (Å²) in [6.45, 7) is 1.60. The maximum atomic E-state index is 12.6. The van der Waals surface area contributed by atoms with E-state index >= 15 is 0 Å². The number of anilines is 2. The Labute approximate surface area is 221 Å². The lowest BCUT2D eigenvalue weighted by molar-refractivity contribution is -0.118. The number of rotatable bonds is 8. The molecular weight excluding hydrogens is 581 g/mol. The van der Waals surface area contributed by atoms with E-state index in [1.807, 2.05) is 47.7 Å². The number of carbonyl (C=O) groups is 2. The Morgan fingerprint density at radius 1 is 1.09 bits per heavy atom. The molecule has 0 aliphatic carbocycles. The molecule has 0 saturated heterocycles. The standard InChI is InChI=1S/C26H21ClIN3O4/c1-16-7-3-5-9-21(16)31-26(33)18(14-29)11-17-12-20(28)25(23(13-17)34-2)35-15-24(32)30-22-10-6-4-8-19(22)27/h3-13H,15H2,1-2H3,(H,30,32)(H,31,33)/b18-11-. The van der Waals surface area contributed by atoms with Gasteiger partial charge in [0, 0.05) is 5.69 Å². The van der Waals surface area contributed by atoms with Crippen LogP contribution in [0, 0.1) is 21.8 Å². The first-order valence-electron chi connectivity index (χ1n) is 10.4. The van der Waals surface area contributed by atoms with Crippen molar-refractivity contribution >= 4 is 63.5 Å². The van der Waals surface area contributed by atoms with E-state index < -0.39 is 5.91 Å². The minimum absolute atomic E-state index is 0.0705. The van der Waals surface area contributed by atoms with Gasteiger partial charge in [-0.1, -0.05) is 41.9 Å². The fraction of sp³-hybridized carbons (Fsp3) is 0.115. The van der Waals surface area contributed by atoms with E-state index in [1.54, 1.807) is 48.5 Å². The highest BCUT2D eigenvalue weighted by Gasteiger charge is 2.16. The molecule has 178 valence electrons. The second kappa shape index (κ2) is 12.2. The Morgan fingerprint density at radius 2 is 1.77 bits per heavy atom. The van der Waals surface area contributed by atoms with Gasteiger partial charge in [-0.25, -0.2) is 0 Å². The van der Waals surface area contributed by atoms with E-state index in [9.17, 15) is 14.9 Å². The molecule has 0 spiro atoms. The molecule has 0 saturated carbocycles. The average Bonchev–Trinajstić information content (AvgIpc) is 2.84. The largest absolute Gasteiger partial charge is 0.493 e. The van der Waals surface area contributed by atoms with Gasteiger partial charge in [0.1, 0.15) is 11.6 Å². The maximum absolute atomic E-state index is 12.6.